The predicted octanol–water partition coefficient (Wildman–Crippen LogP) is 4.77. The first kappa shape index (κ1) is 24.0. The molecular formula is C30H27N5O2. The summed E-state index contributed by atoms with van der Waals surface area (Å²) in [4.78, 5) is 27.0. The molecule has 0 aliphatic carbocycles. The predicted molar refractivity (Wildman–Crippen MR) is 143 cm³/mol. The molecule has 2 heterocycles. The number of esters is 1. The summed E-state index contributed by atoms with van der Waals surface area (Å²) in [6.07, 6.45) is 4.21. The van der Waals surface area contributed by atoms with Crippen molar-refractivity contribution >= 4 is 28.9 Å². The zero-order chi connectivity index (χ0) is 25.5. The van der Waals surface area contributed by atoms with Crippen LogP contribution in [-0.4, -0.2) is 47.0 Å². The maximum Gasteiger partial charge on any atom is 0.330 e. The molecule has 0 amide bonds. The summed E-state index contributed by atoms with van der Waals surface area (Å²) in [5, 5.41) is 10.0. The van der Waals surface area contributed by atoms with Crippen LogP contribution in [-0.2, 0) is 16.1 Å². The normalized spacial score (nSPS) is 14.5. The number of carbonyl (C=O) groups is 1. The molecule has 7 nitrogen and oxygen atoms in total. The van der Waals surface area contributed by atoms with E-state index in [-0.39, 0.29) is 6.61 Å². The van der Waals surface area contributed by atoms with E-state index in [2.05, 4.69) is 40.3 Å². The molecular weight excluding hydrogens is 462 g/mol. The first-order valence-electron chi connectivity index (χ1n) is 12.3. The van der Waals surface area contributed by atoms with Gasteiger partial charge in [0.25, 0.3) is 0 Å². The van der Waals surface area contributed by atoms with Gasteiger partial charge in [0.2, 0.25) is 0 Å². The first-order chi connectivity index (χ1) is 18.2. The van der Waals surface area contributed by atoms with Crippen LogP contribution >= 0.6 is 0 Å². The van der Waals surface area contributed by atoms with E-state index >= 15 is 0 Å². The van der Waals surface area contributed by atoms with Crippen molar-refractivity contribution in [2.24, 2.45) is 0 Å². The highest BCUT2D eigenvalue weighted by molar-refractivity contribution is 5.85. The SMILES string of the molecule is N#C[C@@H](C(=O)OCc1ccccc1)c1nc2ccccc2nc1N1CCN(/C=C/c2ccccc2)CC1. The van der Waals surface area contributed by atoms with Gasteiger partial charge < -0.3 is 14.5 Å². The Hall–Kier alpha value is -4.70. The highest BCUT2D eigenvalue weighted by Crippen LogP contribution is 2.29. The minimum absolute atomic E-state index is 0.0978. The second kappa shape index (κ2) is 11.4. The van der Waals surface area contributed by atoms with Crippen LogP contribution in [0.1, 0.15) is 22.7 Å². The second-order valence-corrected chi connectivity index (χ2v) is 8.83. The molecule has 0 unspecified atom stereocenters. The van der Waals surface area contributed by atoms with E-state index in [9.17, 15) is 10.1 Å². The minimum atomic E-state index is -1.17. The molecule has 0 bridgehead atoms. The number of hydrogen-bond donors (Lipinski definition) is 0. The van der Waals surface area contributed by atoms with E-state index < -0.39 is 11.9 Å². The van der Waals surface area contributed by atoms with Crippen LogP contribution in [0.3, 0.4) is 0 Å². The van der Waals surface area contributed by atoms with Crippen molar-refractivity contribution in [2.45, 2.75) is 12.5 Å². The molecule has 1 aliphatic rings. The third-order valence-corrected chi connectivity index (χ3v) is 6.33. The summed E-state index contributed by atoms with van der Waals surface area (Å²) in [5.41, 5.74) is 3.71. The van der Waals surface area contributed by atoms with Gasteiger partial charge in [0.05, 0.1) is 17.1 Å². The number of piperazine rings is 1. The molecule has 1 aliphatic heterocycles. The summed E-state index contributed by atoms with van der Waals surface area (Å²) in [6, 6.07) is 29.2. The van der Waals surface area contributed by atoms with Crippen molar-refractivity contribution in [3.8, 4) is 6.07 Å². The number of anilines is 1. The van der Waals surface area contributed by atoms with Gasteiger partial charge in [-0.25, -0.2) is 9.97 Å². The topological polar surface area (TPSA) is 82.3 Å². The van der Waals surface area contributed by atoms with E-state index in [0.717, 1.165) is 29.7 Å². The van der Waals surface area contributed by atoms with Gasteiger partial charge in [-0.05, 0) is 35.5 Å². The molecule has 1 saturated heterocycles. The number of rotatable bonds is 7. The van der Waals surface area contributed by atoms with Crippen LogP contribution in [0.5, 0.6) is 0 Å². The van der Waals surface area contributed by atoms with Crippen molar-refractivity contribution < 1.29 is 9.53 Å². The van der Waals surface area contributed by atoms with Gasteiger partial charge in [-0.15, -0.1) is 0 Å². The molecule has 3 aromatic carbocycles. The Labute approximate surface area is 216 Å². The second-order valence-electron chi connectivity index (χ2n) is 8.83. The number of fused-ring (bicyclic) bond motifs is 1. The monoisotopic (exact) mass is 489 g/mol. The Bertz CT molecular complexity index is 1430. The standard InChI is InChI=1S/C30H27N5O2/c31-21-25(30(36)37-22-24-11-5-2-6-12-24)28-29(33-27-14-8-7-13-26(27)32-28)35-19-17-34(18-20-35)16-15-23-9-3-1-4-10-23/h1-16,25H,17-20,22H2/b16-15+/t25-/m1/s1. The number of benzene rings is 3. The number of nitriles is 1. The van der Waals surface area contributed by atoms with E-state index in [1.54, 1.807) is 0 Å². The number of para-hydroxylation sites is 2. The lowest BCUT2D eigenvalue weighted by atomic mass is 10.1. The van der Waals surface area contributed by atoms with Crippen LogP contribution in [0.4, 0.5) is 5.82 Å². The maximum absolute atomic E-state index is 13.0. The first-order valence-corrected chi connectivity index (χ1v) is 12.3. The fourth-order valence-corrected chi connectivity index (χ4v) is 4.31. The summed E-state index contributed by atoms with van der Waals surface area (Å²) >= 11 is 0. The Kier molecular flexibility index (Phi) is 7.37. The third kappa shape index (κ3) is 5.76. The number of hydrogen-bond acceptors (Lipinski definition) is 7. The minimum Gasteiger partial charge on any atom is -0.460 e. The van der Waals surface area contributed by atoms with E-state index in [1.807, 2.05) is 72.8 Å². The van der Waals surface area contributed by atoms with Crippen molar-refractivity contribution in [1.82, 2.24) is 14.9 Å². The smallest absolute Gasteiger partial charge is 0.330 e. The Morgan fingerprint density at radius 2 is 1.51 bits per heavy atom. The Balaban J connectivity index is 1.36. The van der Waals surface area contributed by atoms with Crippen LogP contribution in [0.25, 0.3) is 17.1 Å². The fraction of sp³-hybridized carbons (Fsp3) is 0.200. The zero-order valence-corrected chi connectivity index (χ0v) is 20.4. The van der Waals surface area contributed by atoms with Crippen LogP contribution in [0.15, 0.2) is 91.1 Å². The molecule has 0 N–H and O–H groups in total. The largest absolute Gasteiger partial charge is 0.460 e. The van der Waals surface area contributed by atoms with Gasteiger partial charge in [0.15, 0.2) is 11.7 Å². The third-order valence-electron chi connectivity index (χ3n) is 6.33. The van der Waals surface area contributed by atoms with Crippen molar-refractivity contribution in [3.63, 3.8) is 0 Å². The lowest BCUT2D eigenvalue weighted by molar-refractivity contribution is -0.145. The molecule has 0 saturated carbocycles. The Morgan fingerprint density at radius 3 is 2.19 bits per heavy atom. The number of nitrogens with zero attached hydrogens (tertiary/aromatic N) is 5. The van der Waals surface area contributed by atoms with Gasteiger partial charge in [-0.2, -0.15) is 5.26 Å². The summed E-state index contributed by atoms with van der Waals surface area (Å²) in [5.74, 6) is -1.23. The van der Waals surface area contributed by atoms with Gasteiger partial charge >= 0.3 is 5.97 Å². The van der Waals surface area contributed by atoms with Crippen molar-refractivity contribution in [2.75, 3.05) is 31.1 Å². The van der Waals surface area contributed by atoms with Crippen LogP contribution < -0.4 is 4.90 Å². The van der Waals surface area contributed by atoms with E-state index in [0.29, 0.717) is 30.1 Å². The molecule has 1 atom stereocenters. The molecule has 0 spiro atoms. The molecule has 5 rings (SSSR count). The van der Waals surface area contributed by atoms with Gasteiger partial charge in [0, 0.05) is 26.2 Å². The quantitative estimate of drug-likeness (QED) is 0.346. The van der Waals surface area contributed by atoms with Crippen molar-refractivity contribution in [3.05, 3.63) is 108 Å². The fourth-order valence-electron chi connectivity index (χ4n) is 4.31. The molecule has 1 fully saturated rings. The number of aromatic nitrogens is 2. The van der Waals surface area contributed by atoms with Gasteiger partial charge in [0.1, 0.15) is 12.3 Å². The highest BCUT2D eigenvalue weighted by atomic mass is 16.5. The Morgan fingerprint density at radius 1 is 0.892 bits per heavy atom. The molecule has 37 heavy (non-hydrogen) atoms. The van der Waals surface area contributed by atoms with E-state index in [4.69, 9.17) is 14.7 Å². The lowest BCUT2D eigenvalue weighted by Crippen LogP contribution is -2.45. The van der Waals surface area contributed by atoms with Gasteiger partial charge in [-0.1, -0.05) is 72.8 Å². The van der Waals surface area contributed by atoms with E-state index in [1.165, 1.54) is 0 Å². The molecule has 184 valence electrons. The zero-order valence-electron chi connectivity index (χ0n) is 20.4. The summed E-state index contributed by atoms with van der Waals surface area (Å²) in [7, 11) is 0. The van der Waals surface area contributed by atoms with Crippen LogP contribution in [0, 0.1) is 11.3 Å². The summed E-state index contributed by atoms with van der Waals surface area (Å²) in [6.45, 7) is 3.05. The van der Waals surface area contributed by atoms with Gasteiger partial charge in [-0.3, -0.25) is 4.79 Å². The lowest BCUT2D eigenvalue weighted by Gasteiger charge is -2.35. The average molecular weight is 490 g/mol. The van der Waals surface area contributed by atoms with Crippen LogP contribution in [0.2, 0.25) is 0 Å². The number of ether oxygens (including phenoxy) is 1. The summed E-state index contributed by atoms with van der Waals surface area (Å²) < 4.78 is 5.52. The molecule has 1 aromatic heterocycles. The molecule has 7 heteroatoms. The number of carbonyl (C=O) groups excluding carboxylic acids is 1. The average Bonchev–Trinajstić information content (AvgIpc) is 2.96. The molecule has 0 radical (unpaired) electrons. The molecule has 4 aromatic rings. The highest BCUT2D eigenvalue weighted by Gasteiger charge is 2.31. The maximum atomic E-state index is 13.0. The van der Waals surface area contributed by atoms with Crippen molar-refractivity contribution in [1.29, 1.82) is 5.26 Å².